The highest BCUT2D eigenvalue weighted by Crippen LogP contribution is 2.12. The second kappa shape index (κ2) is 5.47. The van der Waals surface area contributed by atoms with Crippen LogP contribution in [0.4, 0.5) is 0 Å². The van der Waals surface area contributed by atoms with Crippen molar-refractivity contribution >= 4 is 5.91 Å². The fourth-order valence-electron chi connectivity index (χ4n) is 2.44. The van der Waals surface area contributed by atoms with E-state index in [0.717, 1.165) is 38.6 Å². The first-order valence-electron chi connectivity index (χ1n) is 6.04. The normalized spacial score (nSPS) is 29.6. The lowest BCUT2D eigenvalue weighted by atomic mass is 9.99. The van der Waals surface area contributed by atoms with Crippen LogP contribution >= 0.6 is 0 Å². The molecular weight excluding hydrogens is 190 g/mol. The van der Waals surface area contributed by atoms with Gasteiger partial charge in [0.2, 0.25) is 5.91 Å². The van der Waals surface area contributed by atoms with Crippen LogP contribution in [0.1, 0.15) is 19.3 Å². The SMILES string of the molecule is O=C1CCN(CC2CCCNC2)CCN1. The summed E-state index contributed by atoms with van der Waals surface area (Å²) in [4.78, 5) is 13.6. The molecule has 2 aliphatic heterocycles. The number of piperidine rings is 1. The van der Waals surface area contributed by atoms with Gasteiger partial charge >= 0.3 is 0 Å². The predicted molar refractivity (Wildman–Crippen MR) is 59.7 cm³/mol. The Hall–Kier alpha value is -0.610. The molecule has 86 valence electrons. The first kappa shape index (κ1) is 10.9. The molecule has 0 saturated carbocycles. The Morgan fingerprint density at radius 3 is 3.07 bits per heavy atom. The van der Waals surface area contributed by atoms with Gasteiger partial charge in [0.1, 0.15) is 0 Å². The first-order chi connectivity index (χ1) is 7.34. The van der Waals surface area contributed by atoms with Crippen molar-refractivity contribution in [3.8, 4) is 0 Å². The minimum Gasteiger partial charge on any atom is -0.355 e. The smallest absolute Gasteiger partial charge is 0.221 e. The lowest BCUT2D eigenvalue weighted by Crippen LogP contribution is -2.39. The molecule has 0 bridgehead atoms. The summed E-state index contributed by atoms with van der Waals surface area (Å²) in [6, 6.07) is 0. The summed E-state index contributed by atoms with van der Waals surface area (Å²) in [5.74, 6) is 0.992. The van der Waals surface area contributed by atoms with E-state index in [1.807, 2.05) is 0 Å². The highest BCUT2D eigenvalue weighted by molar-refractivity contribution is 5.76. The molecule has 4 heteroatoms. The topological polar surface area (TPSA) is 44.4 Å². The van der Waals surface area contributed by atoms with Crippen LogP contribution in [0.25, 0.3) is 0 Å². The van der Waals surface area contributed by atoms with Crippen molar-refractivity contribution < 1.29 is 4.79 Å². The van der Waals surface area contributed by atoms with Crippen molar-refractivity contribution in [2.45, 2.75) is 19.3 Å². The van der Waals surface area contributed by atoms with Crippen LogP contribution in [0.5, 0.6) is 0 Å². The van der Waals surface area contributed by atoms with Crippen LogP contribution in [0.15, 0.2) is 0 Å². The summed E-state index contributed by atoms with van der Waals surface area (Å²) in [5, 5.41) is 6.36. The standard InChI is InChI=1S/C11H21N3O/c15-11-3-6-14(7-5-13-11)9-10-2-1-4-12-8-10/h10,12H,1-9H2,(H,13,15). The van der Waals surface area contributed by atoms with Gasteiger partial charge in [-0.15, -0.1) is 0 Å². The summed E-state index contributed by atoms with van der Waals surface area (Å²) >= 11 is 0. The van der Waals surface area contributed by atoms with E-state index in [4.69, 9.17) is 0 Å². The van der Waals surface area contributed by atoms with Crippen molar-refractivity contribution in [2.75, 3.05) is 39.3 Å². The average molecular weight is 211 g/mol. The van der Waals surface area contributed by atoms with E-state index < -0.39 is 0 Å². The third-order valence-electron chi connectivity index (χ3n) is 3.32. The Morgan fingerprint density at radius 2 is 2.27 bits per heavy atom. The molecule has 0 aromatic heterocycles. The number of hydrogen-bond donors (Lipinski definition) is 2. The molecule has 1 unspecified atom stereocenters. The molecule has 0 aromatic rings. The van der Waals surface area contributed by atoms with Crippen LogP contribution in [0.3, 0.4) is 0 Å². The lowest BCUT2D eigenvalue weighted by Gasteiger charge is -2.28. The van der Waals surface area contributed by atoms with Crippen molar-refractivity contribution in [3.05, 3.63) is 0 Å². The van der Waals surface area contributed by atoms with Gasteiger partial charge in [-0.3, -0.25) is 4.79 Å². The van der Waals surface area contributed by atoms with Gasteiger partial charge < -0.3 is 15.5 Å². The number of carbonyl (C=O) groups excluding carboxylic acids is 1. The quantitative estimate of drug-likeness (QED) is 0.665. The Kier molecular flexibility index (Phi) is 3.97. The number of carbonyl (C=O) groups is 1. The van der Waals surface area contributed by atoms with E-state index in [9.17, 15) is 4.79 Å². The van der Waals surface area contributed by atoms with Crippen LogP contribution in [0.2, 0.25) is 0 Å². The van der Waals surface area contributed by atoms with Gasteiger partial charge in [0.05, 0.1) is 0 Å². The third kappa shape index (κ3) is 3.47. The summed E-state index contributed by atoms with van der Waals surface area (Å²) in [6.45, 7) is 6.25. The fraction of sp³-hybridized carbons (Fsp3) is 0.909. The molecule has 2 fully saturated rings. The number of amides is 1. The lowest BCUT2D eigenvalue weighted by molar-refractivity contribution is -0.120. The highest BCUT2D eigenvalue weighted by atomic mass is 16.1. The number of hydrogen-bond acceptors (Lipinski definition) is 3. The van der Waals surface area contributed by atoms with Gasteiger partial charge in [0.25, 0.3) is 0 Å². The van der Waals surface area contributed by atoms with Gasteiger partial charge in [-0.1, -0.05) is 0 Å². The van der Waals surface area contributed by atoms with Gasteiger partial charge in [-0.05, 0) is 31.8 Å². The fourth-order valence-corrected chi connectivity index (χ4v) is 2.44. The molecule has 4 nitrogen and oxygen atoms in total. The van der Waals surface area contributed by atoms with Crippen LogP contribution in [-0.2, 0) is 4.79 Å². The van der Waals surface area contributed by atoms with Gasteiger partial charge in [0, 0.05) is 32.6 Å². The molecule has 2 aliphatic rings. The monoisotopic (exact) mass is 211 g/mol. The maximum atomic E-state index is 11.2. The Morgan fingerprint density at radius 1 is 1.33 bits per heavy atom. The van der Waals surface area contributed by atoms with Crippen molar-refractivity contribution in [3.63, 3.8) is 0 Å². The molecule has 0 spiro atoms. The third-order valence-corrected chi connectivity index (χ3v) is 3.32. The predicted octanol–water partition coefficient (Wildman–Crippen LogP) is -0.192. The summed E-state index contributed by atoms with van der Waals surface area (Å²) < 4.78 is 0. The zero-order chi connectivity index (χ0) is 10.5. The van der Waals surface area contributed by atoms with Crippen molar-refractivity contribution in [1.82, 2.24) is 15.5 Å². The van der Waals surface area contributed by atoms with E-state index >= 15 is 0 Å². The molecule has 1 atom stereocenters. The molecular formula is C11H21N3O. The largest absolute Gasteiger partial charge is 0.355 e. The van der Waals surface area contributed by atoms with Crippen molar-refractivity contribution in [1.29, 1.82) is 0 Å². The second-order valence-corrected chi connectivity index (χ2v) is 4.61. The van der Waals surface area contributed by atoms with Gasteiger partial charge in [-0.25, -0.2) is 0 Å². The zero-order valence-electron chi connectivity index (χ0n) is 9.30. The molecule has 2 heterocycles. The van der Waals surface area contributed by atoms with E-state index in [0.29, 0.717) is 6.42 Å². The Balaban J connectivity index is 1.75. The van der Waals surface area contributed by atoms with Crippen LogP contribution in [-0.4, -0.2) is 50.1 Å². The molecule has 2 N–H and O–H groups in total. The molecule has 0 aliphatic carbocycles. The highest BCUT2D eigenvalue weighted by Gasteiger charge is 2.19. The Bertz CT molecular complexity index is 214. The minimum atomic E-state index is 0.208. The molecule has 2 rings (SSSR count). The summed E-state index contributed by atoms with van der Waals surface area (Å²) in [7, 11) is 0. The molecule has 2 saturated heterocycles. The molecule has 15 heavy (non-hydrogen) atoms. The zero-order valence-corrected chi connectivity index (χ0v) is 9.30. The molecule has 0 radical (unpaired) electrons. The molecule has 0 aromatic carbocycles. The van der Waals surface area contributed by atoms with E-state index in [1.54, 1.807) is 0 Å². The summed E-state index contributed by atoms with van der Waals surface area (Å²) in [6.07, 6.45) is 3.31. The van der Waals surface area contributed by atoms with Crippen LogP contribution in [0, 0.1) is 5.92 Å². The maximum absolute atomic E-state index is 11.2. The van der Waals surface area contributed by atoms with E-state index in [2.05, 4.69) is 15.5 Å². The van der Waals surface area contributed by atoms with Gasteiger partial charge in [-0.2, -0.15) is 0 Å². The van der Waals surface area contributed by atoms with Crippen LogP contribution < -0.4 is 10.6 Å². The summed E-state index contributed by atoms with van der Waals surface area (Å²) in [5.41, 5.74) is 0. The number of nitrogens with zero attached hydrogens (tertiary/aromatic N) is 1. The number of rotatable bonds is 2. The van der Waals surface area contributed by atoms with E-state index in [1.165, 1.54) is 19.4 Å². The first-order valence-corrected chi connectivity index (χ1v) is 6.04. The molecule has 1 amide bonds. The average Bonchev–Trinajstić information content (AvgIpc) is 2.46. The minimum absolute atomic E-state index is 0.208. The van der Waals surface area contributed by atoms with Gasteiger partial charge in [0.15, 0.2) is 0 Å². The number of nitrogens with one attached hydrogen (secondary N) is 2. The van der Waals surface area contributed by atoms with E-state index in [-0.39, 0.29) is 5.91 Å². The maximum Gasteiger partial charge on any atom is 0.221 e. The second-order valence-electron chi connectivity index (χ2n) is 4.61. The van der Waals surface area contributed by atoms with Crippen molar-refractivity contribution in [2.24, 2.45) is 5.92 Å². The Labute approximate surface area is 91.4 Å².